The van der Waals surface area contributed by atoms with Gasteiger partial charge in [-0.1, -0.05) is 121 Å². The van der Waals surface area contributed by atoms with Crippen molar-refractivity contribution in [2.75, 3.05) is 39.4 Å². The summed E-state index contributed by atoms with van der Waals surface area (Å²) < 4.78 is 50.2. The van der Waals surface area contributed by atoms with Crippen LogP contribution in [0.2, 0.25) is 0 Å². The molecule has 0 saturated carbocycles. The number of rotatable bonds is 22. The summed E-state index contributed by atoms with van der Waals surface area (Å²) in [6.45, 7) is 8.18. The summed E-state index contributed by atoms with van der Waals surface area (Å²) in [7, 11) is 1.26. The van der Waals surface area contributed by atoms with Crippen LogP contribution in [-0.4, -0.2) is 101 Å². The van der Waals surface area contributed by atoms with Gasteiger partial charge in [-0.3, -0.25) is 9.36 Å². The number of nitrogens with one attached hydrogen (secondary N) is 2. The number of methoxy groups -OCH3 is 2. The number of amides is 2. The van der Waals surface area contributed by atoms with Crippen LogP contribution in [0.4, 0.5) is 10.6 Å². The highest BCUT2D eigenvalue weighted by Crippen LogP contribution is 2.52. The smallest absolute Gasteiger partial charge is 0.407 e. The number of fused-ring (bicyclic) bond motifs is 4. The van der Waals surface area contributed by atoms with Gasteiger partial charge in [0.15, 0.2) is 23.2 Å². The molecule has 2 N–H and O–H groups in total. The van der Waals surface area contributed by atoms with E-state index in [0.29, 0.717) is 22.7 Å². The molecular formula is C62H63N8O9P. The molecule has 18 heteroatoms. The summed E-state index contributed by atoms with van der Waals surface area (Å²) in [6.07, 6.45) is -0.893. The van der Waals surface area contributed by atoms with Crippen LogP contribution in [0.3, 0.4) is 0 Å². The molecule has 5 atom stereocenters. The fraction of sp³-hybridized carbons (Fsp3) is 0.290. The Morgan fingerprint density at radius 3 is 1.90 bits per heavy atom. The number of carbonyl (C=O) groups is 2. The van der Waals surface area contributed by atoms with E-state index < -0.39 is 50.6 Å². The summed E-state index contributed by atoms with van der Waals surface area (Å²) in [6, 6.07) is 51.4. The fourth-order valence-corrected chi connectivity index (χ4v) is 12.5. The monoisotopic (exact) mass is 1090 g/mol. The van der Waals surface area contributed by atoms with Crippen molar-refractivity contribution in [2.24, 2.45) is 0 Å². The van der Waals surface area contributed by atoms with E-state index >= 15 is 0 Å². The standard InChI is InChI=1S/C62H63N8O9P/c1-40(2)70(41(3)4)80(77-35-17-34-63)79-56-53(37-76-62(43-20-11-8-12-21-43,44-26-30-46(73-5)31-27-44)45-28-32-47(74-6)33-29-45)78-60(69-39-66-55-57(64-38-65-58(55)69)68-59(71)42-18-9-7-10-19-42)54(56)67-61(72)75-36-52-50-24-15-13-22-48(50)49-23-14-16-25-51(49)52/h7-16,18-33,38-41,52-54,56,60H,17,35-37H2,1-6H3,(H,67,72)(H,64,65,68,71)/t53-,54-,56-,60-,80?/m1/s1. The number of imidazole rings is 1. The van der Waals surface area contributed by atoms with Crippen LogP contribution in [0, 0.1) is 11.3 Å². The number of nitrogens with zero attached hydrogens (tertiary/aromatic N) is 6. The number of nitriles is 1. The van der Waals surface area contributed by atoms with Crippen molar-refractivity contribution in [3.63, 3.8) is 0 Å². The van der Waals surface area contributed by atoms with Gasteiger partial charge in [0.05, 0.1) is 46.3 Å². The second-order valence-corrected chi connectivity index (χ2v) is 21.3. The summed E-state index contributed by atoms with van der Waals surface area (Å²) >= 11 is 0. The molecule has 2 aromatic heterocycles. The van der Waals surface area contributed by atoms with E-state index in [4.69, 9.17) is 42.7 Å². The molecule has 80 heavy (non-hydrogen) atoms. The van der Waals surface area contributed by atoms with Crippen LogP contribution < -0.4 is 20.1 Å². The molecule has 0 radical (unpaired) electrons. The van der Waals surface area contributed by atoms with Gasteiger partial charge in [-0.05, 0) is 103 Å². The molecule has 1 saturated heterocycles. The number of carbonyl (C=O) groups excluding carboxylic acids is 2. The molecule has 17 nitrogen and oxygen atoms in total. The van der Waals surface area contributed by atoms with Gasteiger partial charge in [0.1, 0.15) is 48.3 Å². The number of anilines is 1. The average molecular weight is 1100 g/mol. The lowest BCUT2D eigenvalue weighted by atomic mass is 9.80. The van der Waals surface area contributed by atoms with Crippen LogP contribution in [-0.2, 0) is 28.9 Å². The Hall–Kier alpha value is -8.07. The minimum Gasteiger partial charge on any atom is -0.497 e. The minimum absolute atomic E-state index is 0.0314. The van der Waals surface area contributed by atoms with Gasteiger partial charge in [0.2, 0.25) is 0 Å². The molecule has 1 fully saturated rings. The molecule has 8 aromatic rings. The van der Waals surface area contributed by atoms with Crippen molar-refractivity contribution in [3.05, 3.63) is 204 Å². The third kappa shape index (κ3) is 11.4. The van der Waals surface area contributed by atoms with Crippen LogP contribution in [0.25, 0.3) is 22.3 Å². The van der Waals surface area contributed by atoms with E-state index in [-0.39, 0.29) is 55.6 Å². The molecule has 1 aliphatic heterocycles. The van der Waals surface area contributed by atoms with Crippen molar-refractivity contribution < 1.29 is 42.3 Å². The summed E-state index contributed by atoms with van der Waals surface area (Å²) in [5, 5.41) is 15.9. The molecule has 10 rings (SSSR count). The molecule has 410 valence electrons. The van der Waals surface area contributed by atoms with Gasteiger partial charge in [-0.15, -0.1) is 0 Å². The Labute approximate surface area is 466 Å². The number of hydrogen-bond donors (Lipinski definition) is 2. The number of hydrogen-bond acceptors (Lipinski definition) is 14. The first-order chi connectivity index (χ1) is 39.0. The SMILES string of the molecule is COc1ccc(C(OC[C@H]2O[C@@H](n3cnc4c(NC(=O)c5ccccc5)ncnc43)[C@H](NC(=O)OCC3c4ccccc4-c4ccccc43)[C@@H]2OP(OCCC#N)N(C(C)C)C(C)C)(c2ccccc2)c2ccc(OC)cc2)cc1. The Bertz CT molecular complexity index is 3330. The molecule has 2 amide bonds. The van der Waals surface area contributed by atoms with Gasteiger partial charge in [0.25, 0.3) is 14.4 Å². The molecule has 0 spiro atoms. The molecule has 1 aliphatic carbocycles. The lowest BCUT2D eigenvalue weighted by Crippen LogP contribution is -2.49. The zero-order valence-electron chi connectivity index (χ0n) is 45.3. The molecule has 2 aliphatic rings. The fourth-order valence-electron chi connectivity index (χ4n) is 10.7. The third-order valence-corrected chi connectivity index (χ3v) is 16.5. The van der Waals surface area contributed by atoms with E-state index in [9.17, 15) is 14.9 Å². The van der Waals surface area contributed by atoms with Crippen molar-refractivity contribution in [3.8, 4) is 28.7 Å². The van der Waals surface area contributed by atoms with Gasteiger partial charge in [0, 0.05) is 23.6 Å². The normalized spacial score (nSPS) is 17.2. The number of ether oxygens (including phenoxy) is 5. The maximum atomic E-state index is 14.9. The average Bonchev–Trinajstić information content (AvgIpc) is 4.20. The molecule has 6 aromatic carbocycles. The number of alkyl carbamates (subject to hydrolysis) is 1. The lowest BCUT2D eigenvalue weighted by molar-refractivity contribution is -0.0914. The minimum atomic E-state index is -1.98. The van der Waals surface area contributed by atoms with E-state index in [1.165, 1.54) is 6.33 Å². The lowest BCUT2D eigenvalue weighted by Gasteiger charge is -2.39. The largest absolute Gasteiger partial charge is 0.497 e. The quantitative estimate of drug-likeness (QED) is 0.0370. The predicted octanol–water partition coefficient (Wildman–Crippen LogP) is 11.6. The van der Waals surface area contributed by atoms with Crippen molar-refractivity contribution in [1.82, 2.24) is 29.5 Å². The van der Waals surface area contributed by atoms with Crippen LogP contribution in [0.5, 0.6) is 11.5 Å². The molecule has 0 bridgehead atoms. The maximum Gasteiger partial charge on any atom is 0.407 e. The summed E-state index contributed by atoms with van der Waals surface area (Å²) in [5.41, 5.74) is 6.36. The maximum absolute atomic E-state index is 14.9. The van der Waals surface area contributed by atoms with E-state index in [1.54, 1.807) is 49.4 Å². The number of benzene rings is 6. The van der Waals surface area contributed by atoms with Crippen molar-refractivity contribution >= 4 is 37.5 Å². The highest BCUT2D eigenvalue weighted by Gasteiger charge is 2.52. The van der Waals surface area contributed by atoms with Crippen LogP contribution in [0.1, 0.15) is 84.4 Å². The molecule has 1 unspecified atom stereocenters. The topological polar surface area (TPSA) is 193 Å². The van der Waals surface area contributed by atoms with E-state index in [0.717, 1.165) is 38.9 Å². The van der Waals surface area contributed by atoms with Gasteiger partial charge < -0.3 is 43.4 Å². The van der Waals surface area contributed by atoms with Crippen LogP contribution >= 0.6 is 8.53 Å². The first-order valence-corrected chi connectivity index (χ1v) is 27.7. The second kappa shape index (κ2) is 24.9. The Morgan fingerprint density at radius 1 is 0.738 bits per heavy atom. The molecule has 3 heterocycles. The molecular weight excluding hydrogens is 1030 g/mol. The first-order valence-electron chi connectivity index (χ1n) is 26.6. The van der Waals surface area contributed by atoms with Gasteiger partial charge in [-0.25, -0.2) is 24.4 Å². The zero-order chi connectivity index (χ0) is 55.8. The Balaban J connectivity index is 1.09. The van der Waals surface area contributed by atoms with E-state index in [1.807, 2.05) is 109 Å². The Morgan fingerprint density at radius 2 is 1.31 bits per heavy atom. The highest BCUT2D eigenvalue weighted by molar-refractivity contribution is 7.44. The second-order valence-electron chi connectivity index (χ2n) is 19.9. The van der Waals surface area contributed by atoms with Crippen molar-refractivity contribution in [2.45, 2.75) is 82.2 Å². The van der Waals surface area contributed by atoms with Crippen molar-refractivity contribution in [1.29, 1.82) is 5.26 Å². The number of aromatic nitrogens is 4. The highest BCUT2D eigenvalue weighted by atomic mass is 31.2. The van der Waals surface area contributed by atoms with Crippen LogP contribution in [0.15, 0.2) is 170 Å². The summed E-state index contributed by atoms with van der Waals surface area (Å²) in [4.78, 5) is 42.4. The van der Waals surface area contributed by atoms with E-state index in [2.05, 4.69) is 78.3 Å². The third-order valence-electron chi connectivity index (χ3n) is 14.4. The summed E-state index contributed by atoms with van der Waals surface area (Å²) in [5.74, 6) is 0.862. The first kappa shape index (κ1) is 55.3. The zero-order valence-corrected chi connectivity index (χ0v) is 46.2. The van der Waals surface area contributed by atoms with Gasteiger partial charge in [-0.2, -0.15) is 5.26 Å². The predicted molar refractivity (Wildman–Crippen MR) is 304 cm³/mol. The van der Waals surface area contributed by atoms with Gasteiger partial charge >= 0.3 is 6.09 Å². The Kier molecular flexibility index (Phi) is 17.2.